The summed E-state index contributed by atoms with van der Waals surface area (Å²) >= 11 is 14.3. The first-order valence-electron chi connectivity index (χ1n) is 4.98. The lowest BCUT2D eigenvalue weighted by atomic mass is 10.4. The van der Waals surface area contributed by atoms with Crippen LogP contribution in [0.1, 0.15) is 6.42 Å². The summed E-state index contributed by atoms with van der Waals surface area (Å²) < 4.78 is 5.71. The van der Waals surface area contributed by atoms with E-state index in [1.807, 2.05) is 0 Å². The van der Waals surface area contributed by atoms with Gasteiger partial charge < -0.3 is 15.4 Å². The van der Waals surface area contributed by atoms with E-state index in [0.29, 0.717) is 22.6 Å². The molecule has 0 aliphatic heterocycles. The second kappa shape index (κ2) is 7.81. The van der Waals surface area contributed by atoms with E-state index in [9.17, 15) is 0 Å². The van der Waals surface area contributed by atoms with Crippen molar-refractivity contribution in [3.8, 4) is 0 Å². The summed E-state index contributed by atoms with van der Waals surface area (Å²) in [6, 6.07) is 1.75. The van der Waals surface area contributed by atoms with Crippen LogP contribution in [0.2, 0.25) is 5.02 Å². The first kappa shape index (κ1) is 14.6. The van der Waals surface area contributed by atoms with Crippen molar-refractivity contribution in [2.75, 3.05) is 25.6 Å². The van der Waals surface area contributed by atoms with Crippen LogP contribution in [0.15, 0.2) is 16.7 Å². The number of aromatic nitrogens is 1. The molecule has 0 saturated carbocycles. The molecule has 0 aliphatic carbocycles. The van der Waals surface area contributed by atoms with Gasteiger partial charge in [-0.3, -0.25) is 0 Å². The minimum Gasteiger partial charge on any atom is -0.385 e. The molecule has 1 aromatic rings. The highest BCUT2D eigenvalue weighted by Crippen LogP contribution is 2.22. The number of ether oxygens (including phenoxy) is 1. The van der Waals surface area contributed by atoms with Gasteiger partial charge in [0, 0.05) is 26.5 Å². The van der Waals surface area contributed by atoms with Crippen molar-refractivity contribution in [1.82, 2.24) is 10.3 Å². The Balaban J connectivity index is 2.40. The Morgan fingerprint density at radius 1 is 1.65 bits per heavy atom. The summed E-state index contributed by atoms with van der Waals surface area (Å²) in [5.41, 5.74) is 0. The zero-order valence-electron chi connectivity index (χ0n) is 9.30. The standard InChI is InChI=1S/C10H13BrClN3OS/c1-16-4-2-3-13-10(17)15-9-8(11)5-7(12)6-14-9/h5-6H,2-4H2,1H3,(H2,13,14,15,17). The van der Waals surface area contributed by atoms with Crippen molar-refractivity contribution in [2.24, 2.45) is 0 Å². The maximum Gasteiger partial charge on any atom is 0.171 e. The lowest BCUT2D eigenvalue weighted by Gasteiger charge is -2.10. The molecule has 0 unspecified atom stereocenters. The molecule has 2 N–H and O–H groups in total. The predicted octanol–water partition coefficient (Wildman–Crippen LogP) is 2.82. The van der Waals surface area contributed by atoms with Crippen LogP contribution in [-0.2, 0) is 4.74 Å². The maximum atomic E-state index is 5.79. The summed E-state index contributed by atoms with van der Waals surface area (Å²) in [5, 5.41) is 7.13. The van der Waals surface area contributed by atoms with Gasteiger partial charge in [0.05, 0.1) is 9.50 Å². The fourth-order valence-electron chi connectivity index (χ4n) is 1.08. The Kier molecular flexibility index (Phi) is 6.72. The molecule has 0 aromatic carbocycles. The highest BCUT2D eigenvalue weighted by molar-refractivity contribution is 9.10. The van der Waals surface area contributed by atoms with Gasteiger partial charge in [0.1, 0.15) is 5.82 Å². The fraction of sp³-hybridized carbons (Fsp3) is 0.400. The number of rotatable bonds is 5. The van der Waals surface area contributed by atoms with Gasteiger partial charge in [-0.15, -0.1) is 0 Å². The molecule has 0 fully saturated rings. The molecule has 94 valence electrons. The molecule has 4 nitrogen and oxygen atoms in total. The molecule has 1 rings (SSSR count). The van der Waals surface area contributed by atoms with Crippen molar-refractivity contribution in [3.63, 3.8) is 0 Å². The third kappa shape index (κ3) is 5.63. The Labute approximate surface area is 119 Å². The van der Waals surface area contributed by atoms with Gasteiger partial charge in [-0.05, 0) is 40.6 Å². The van der Waals surface area contributed by atoms with E-state index in [4.69, 9.17) is 28.6 Å². The second-order valence-corrected chi connectivity index (χ2v) is 4.91. The van der Waals surface area contributed by atoms with Crippen LogP contribution in [-0.4, -0.2) is 30.4 Å². The minimum absolute atomic E-state index is 0.525. The molecule has 17 heavy (non-hydrogen) atoms. The molecule has 0 radical (unpaired) electrons. The van der Waals surface area contributed by atoms with Crippen molar-refractivity contribution >= 4 is 50.7 Å². The van der Waals surface area contributed by atoms with Crippen molar-refractivity contribution in [2.45, 2.75) is 6.42 Å². The van der Waals surface area contributed by atoms with Gasteiger partial charge in [0.2, 0.25) is 0 Å². The zero-order valence-corrected chi connectivity index (χ0v) is 12.5. The highest BCUT2D eigenvalue weighted by Gasteiger charge is 2.04. The number of hydrogen-bond donors (Lipinski definition) is 2. The number of halogens is 2. The van der Waals surface area contributed by atoms with Crippen LogP contribution in [0.25, 0.3) is 0 Å². The van der Waals surface area contributed by atoms with E-state index in [-0.39, 0.29) is 0 Å². The lowest BCUT2D eigenvalue weighted by Crippen LogP contribution is -2.30. The highest BCUT2D eigenvalue weighted by atomic mass is 79.9. The fourth-order valence-corrected chi connectivity index (χ4v) is 2.01. The number of nitrogens with zero attached hydrogens (tertiary/aromatic N) is 1. The molecule has 7 heteroatoms. The van der Waals surface area contributed by atoms with Crippen LogP contribution in [0.3, 0.4) is 0 Å². The Bertz CT molecular complexity index is 392. The third-order valence-electron chi connectivity index (χ3n) is 1.85. The number of nitrogens with one attached hydrogen (secondary N) is 2. The van der Waals surface area contributed by atoms with E-state index < -0.39 is 0 Å². The van der Waals surface area contributed by atoms with Crippen LogP contribution in [0.4, 0.5) is 5.82 Å². The molecule has 0 saturated heterocycles. The molecule has 0 amide bonds. The quantitative estimate of drug-likeness (QED) is 0.638. The molecule has 0 spiro atoms. The molecule has 1 heterocycles. The topological polar surface area (TPSA) is 46.2 Å². The molecular weight excluding hydrogens is 326 g/mol. The molecule has 0 aliphatic rings. The van der Waals surface area contributed by atoms with E-state index in [1.54, 1.807) is 19.4 Å². The number of thiocarbonyl (C=S) groups is 1. The van der Waals surface area contributed by atoms with Crippen LogP contribution in [0.5, 0.6) is 0 Å². The van der Waals surface area contributed by atoms with E-state index in [0.717, 1.165) is 17.4 Å². The number of methoxy groups -OCH3 is 1. The first-order valence-corrected chi connectivity index (χ1v) is 6.56. The van der Waals surface area contributed by atoms with Gasteiger partial charge in [0.15, 0.2) is 5.11 Å². The predicted molar refractivity (Wildman–Crippen MR) is 77.7 cm³/mol. The monoisotopic (exact) mass is 337 g/mol. The molecule has 1 aromatic heterocycles. The summed E-state index contributed by atoms with van der Waals surface area (Å²) in [6.07, 6.45) is 2.45. The average molecular weight is 339 g/mol. The number of hydrogen-bond acceptors (Lipinski definition) is 3. The third-order valence-corrected chi connectivity index (χ3v) is 2.91. The van der Waals surface area contributed by atoms with Crippen molar-refractivity contribution < 1.29 is 4.74 Å². The van der Waals surface area contributed by atoms with Crippen molar-refractivity contribution in [1.29, 1.82) is 0 Å². The minimum atomic E-state index is 0.525. The van der Waals surface area contributed by atoms with E-state index in [1.165, 1.54) is 0 Å². The van der Waals surface area contributed by atoms with E-state index in [2.05, 4.69) is 31.5 Å². The summed E-state index contributed by atoms with van der Waals surface area (Å²) in [5.74, 6) is 0.638. The van der Waals surface area contributed by atoms with Crippen LogP contribution in [0, 0.1) is 0 Å². The maximum absolute atomic E-state index is 5.79. The van der Waals surface area contributed by atoms with Gasteiger partial charge in [-0.25, -0.2) is 4.98 Å². The van der Waals surface area contributed by atoms with Gasteiger partial charge in [-0.1, -0.05) is 11.6 Å². The zero-order chi connectivity index (χ0) is 12.7. The molecule has 0 atom stereocenters. The number of pyridine rings is 1. The summed E-state index contributed by atoms with van der Waals surface area (Å²) in [4.78, 5) is 4.12. The SMILES string of the molecule is COCCCNC(=S)Nc1ncc(Cl)cc1Br. The van der Waals surface area contributed by atoms with Crippen LogP contribution < -0.4 is 10.6 Å². The summed E-state index contributed by atoms with van der Waals surface area (Å²) in [6.45, 7) is 1.46. The second-order valence-electron chi connectivity index (χ2n) is 3.21. The van der Waals surface area contributed by atoms with E-state index >= 15 is 0 Å². The number of anilines is 1. The Morgan fingerprint density at radius 2 is 2.41 bits per heavy atom. The van der Waals surface area contributed by atoms with Gasteiger partial charge in [0.25, 0.3) is 0 Å². The lowest BCUT2D eigenvalue weighted by molar-refractivity contribution is 0.196. The molecular formula is C10H13BrClN3OS. The first-order chi connectivity index (χ1) is 8.13. The van der Waals surface area contributed by atoms with Gasteiger partial charge in [-0.2, -0.15) is 0 Å². The van der Waals surface area contributed by atoms with Gasteiger partial charge >= 0.3 is 0 Å². The van der Waals surface area contributed by atoms with Crippen LogP contribution >= 0.6 is 39.7 Å². The van der Waals surface area contributed by atoms with Crippen molar-refractivity contribution in [3.05, 3.63) is 21.8 Å². The Hall–Kier alpha value is -0.430. The normalized spacial score (nSPS) is 10.1. The summed E-state index contributed by atoms with van der Waals surface area (Å²) in [7, 11) is 1.67. The smallest absolute Gasteiger partial charge is 0.171 e. The molecule has 0 bridgehead atoms. The average Bonchev–Trinajstić information content (AvgIpc) is 2.28. The largest absolute Gasteiger partial charge is 0.385 e. The Morgan fingerprint density at radius 3 is 3.06 bits per heavy atom.